The van der Waals surface area contributed by atoms with Crippen LogP contribution in [-0.2, 0) is 6.18 Å². The Labute approximate surface area is 122 Å². The maximum Gasteiger partial charge on any atom is 0.433 e. The number of likely N-dealkylation sites (N-methyl/N-ethyl adjacent to an activating group) is 1. The van der Waals surface area contributed by atoms with Crippen LogP contribution in [0.4, 0.5) is 24.9 Å². The molecule has 0 aliphatic carbocycles. The second kappa shape index (κ2) is 6.93. The highest BCUT2D eigenvalue weighted by Crippen LogP contribution is 2.29. The van der Waals surface area contributed by atoms with Gasteiger partial charge in [0.15, 0.2) is 5.69 Å². The maximum atomic E-state index is 12.7. The Bertz CT molecular complexity index is 450. The number of rotatable bonds is 6. The zero-order valence-corrected chi connectivity index (χ0v) is 12.7. The quantitative estimate of drug-likeness (QED) is 0.845. The van der Waals surface area contributed by atoms with E-state index >= 15 is 0 Å². The van der Waals surface area contributed by atoms with Gasteiger partial charge >= 0.3 is 6.18 Å². The molecule has 0 aliphatic heterocycles. The number of alkyl halides is 3. The molecule has 3 N–H and O–H groups in total. The number of nitrogens with two attached hydrogens (primary N) is 1. The molecule has 0 bridgehead atoms. The summed E-state index contributed by atoms with van der Waals surface area (Å²) >= 11 is 0. The first kappa shape index (κ1) is 17.5. The van der Waals surface area contributed by atoms with Gasteiger partial charge in [-0.25, -0.2) is 4.98 Å². The first-order valence-corrected chi connectivity index (χ1v) is 6.71. The molecule has 1 rings (SSSR count). The van der Waals surface area contributed by atoms with Crippen molar-refractivity contribution in [3.63, 3.8) is 0 Å². The highest BCUT2D eigenvalue weighted by atomic mass is 19.4. The Morgan fingerprint density at radius 2 is 1.90 bits per heavy atom. The predicted molar refractivity (Wildman–Crippen MR) is 76.9 cm³/mol. The summed E-state index contributed by atoms with van der Waals surface area (Å²) in [4.78, 5) is 9.03. The van der Waals surface area contributed by atoms with E-state index in [0.717, 1.165) is 12.5 Å². The van der Waals surface area contributed by atoms with Crippen LogP contribution in [0.1, 0.15) is 26.0 Å². The van der Waals surface area contributed by atoms with E-state index < -0.39 is 11.9 Å². The lowest BCUT2D eigenvalue weighted by Gasteiger charge is -2.24. The van der Waals surface area contributed by atoms with Crippen molar-refractivity contribution >= 4 is 11.8 Å². The number of aromatic nitrogens is 2. The fourth-order valence-corrected chi connectivity index (χ4v) is 2.08. The number of nitrogen functional groups attached to an aromatic ring is 1. The van der Waals surface area contributed by atoms with Crippen molar-refractivity contribution in [1.29, 1.82) is 0 Å². The van der Waals surface area contributed by atoms with Gasteiger partial charge < -0.3 is 16.0 Å². The molecule has 1 unspecified atom stereocenters. The van der Waals surface area contributed by atoms with E-state index in [2.05, 4.69) is 29.1 Å². The van der Waals surface area contributed by atoms with Gasteiger partial charge in [-0.05, 0) is 26.4 Å². The van der Waals surface area contributed by atoms with E-state index in [1.54, 1.807) is 0 Å². The number of hydrogen-bond donors (Lipinski definition) is 2. The highest BCUT2D eigenvalue weighted by Gasteiger charge is 2.33. The van der Waals surface area contributed by atoms with Crippen molar-refractivity contribution in [1.82, 2.24) is 14.9 Å². The van der Waals surface area contributed by atoms with Crippen LogP contribution in [0, 0.1) is 5.92 Å². The fourth-order valence-electron chi connectivity index (χ4n) is 2.08. The summed E-state index contributed by atoms with van der Waals surface area (Å²) in [5.74, 6) is 0.117. The number of nitrogens with one attached hydrogen (secondary N) is 1. The standard InChI is InChI=1S/C13H22F3N5/c1-8(2)5-9(7-21(3)4)18-11-6-10(13(14,15)16)19-12(17)20-11/h6,8-9H,5,7H2,1-4H3,(H3,17,18,19,20). The van der Waals surface area contributed by atoms with Crippen LogP contribution in [0.2, 0.25) is 0 Å². The molecule has 0 saturated carbocycles. The van der Waals surface area contributed by atoms with Gasteiger partial charge in [0.1, 0.15) is 5.82 Å². The van der Waals surface area contributed by atoms with Crippen LogP contribution in [0.3, 0.4) is 0 Å². The molecular weight excluding hydrogens is 283 g/mol. The third kappa shape index (κ3) is 6.16. The summed E-state index contributed by atoms with van der Waals surface area (Å²) in [6.45, 7) is 4.79. The van der Waals surface area contributed by atoms with Gasteiger partial charge in [-0.2, -0.15) is 18.2 Å². The third-order valence-electron chi connectivity index (χ3n) is 2.73. The molecule has 1 atom stereocenters. The predicted octanol–water partition coefficient (Wildman–Crippen LogP) is 2.47. The topological polar surface area (TPSA) is 67.1 Å². The van der Waals surface area contributed by atoms with Crippen molar-refractivity contribution in [2.24, 2.45) is 5.92 Å². The van der Waals surface area contributed by atoms with Gasteiger partial charge in [-0.3, -0.25) is 0 Å². The number of nitrogens with zero attached hydrogens (tertiary/aromatic N) is 3. The van der Waals surface area contributed by atoms with Crippen LogP contribution in [0.25, 0.3) is 0 Å². The molecule has 0 amide bonds. The molecule has 0 aliphatic rings. The van der Waals surface area contributed by atoms with Crippen molar-refractivity contribution in [2.45, 2.75) is 32.5 Å². The second-order valence-corrected chi connectivity index (χ2v) is 5.73. The smallest absolute Gasteiger partial charge is 0.368 e. The molecule has 5 nitrogen and oxygen atoms in total. The minimum atomic E-state index is -4.54. The number of anilines is 2. The lowest BCUT2D eigenvalue weighted by atomic mass is 10.0. The van der Waals surface area contributed by atoms with Crippen LogP contribution in [0.5, 0.6) is 0 Å². The minimum absolute atomic E-state index is 0.0182. The van der Waals surface area contributed by atoms with Crippen LogP contribution >= 0.6 is 0 Å². The van der Waals surface area contributed by atoms with E-state index in [9.17, 15) is 13.2 Å². The van der Waals surface area contributed by atoms with Gasteiger partial charge in [0.25, 0.3) is 0 Å². The summed E-state index contributed by atoms with van der Waals surface area (Å²) in [7, 11) is 3.81. The molecule has 0 saturated heterocycles. The van der Waals surface area contributed by atoms with E-state index in [4.69, 9.17) is 5.73 Å². The molecule has 1 heterocycles. The average molecular weight is 305 g/mol. The van der Waals surface area contributed by atoms with Crippen molar-refractivity contribution in [3.8, 4) is 0 Å². The maximum absolute atomic E-state index is 12.7. The van der Waals surface area contributed by atoms with Crippen LogP contribution in [-0.4, -0.2) is 41.5 Å². The van der Waals surface area contributed by atoms with Crippen molar-refractivity contribution < 1.29 is 13.2 Å². The van der Waals surface area contributed by atoms with Crippen molar-refractivity contribution in [2.75, 3.05) is 31.7 Å². The Balaban J connectivity index is 2.95. The zero-order valence-electron chi connectivity index (χ0n) is 12.7. The molecule has 0 fully saturated rings. The normalized spacial score (nSPS) is 13.8. The summed E-state index contributed by atoms with van der Waals surface area (Å²) < 4.78 is 38.2. The van der Waals surface area contributed by atoms with E-state index in [-0.39, 0.29) is 17.8 Å². The molecule has 120 valence electrons. The number of hydrogen-bond acceptors (Lipinski definition) is 5. The van der Waals surface area contributed by atoms with Crippen LogP contribution < -0.4 is 11.1 Å². The lowest BCUT2D eigenvalue weighted by Crippen LogP contribution is -2.34. The molecule has 1 aromatic heterocycles. The van der Waals surface area contributed by atoms with Gasteiger partial charge in [0, 0.05) is 18.7 Å². The van der Waals surface area contributed by atoms with Gasteiger partial charge in [0.2, 0.25) is 5.95 Å². The Kier molecular flexibility index (Phi) is 5.77. The summed E-state index contributed by atoms with van der Waals surface area (Å²) in [6, 6.07) is 0.870. The average Bonchev–Trinajstić information content (AvgIpc) is 2.24. The Hall–Kier alpha value is -1.57. The van der Waals surface area contributed by atoms with E-state index in [0.29, 0.717) is 12.5 Å². The largest absolute Gasteiger partial charge is 0.433 e. The molecule has 8 heteroatoms. The summed E-state index contributed by atoms with van der Waals surface area (Å²) in [6.07, 6.45) is -3.73. The third-order valence-corrected chi connectivity index (χ3v) is 2.73. The first-order chi connectivity index (χ1) is 9.57. The lowest BCUT2D eigenvalue weighted by molar-refractivity contribution is -0.141. The second-order valence-electron chi connectivity index (χ2n) is 5.73. The zero-order chi connectivity index (χ0) is 16.2. The summed E-state index contributed by atoms with van der Waals surface area (Å²) in [5.41, 5.74) is 4.33. The van der Waals surface area contributed by atoms with Crippen molar-refractivity contribution in [3.05, 3.63) is 11.8 Å². The minimum Gasteiger partial charge on any atom is -0.368 e. The van der Waals surface area contributed by atoms with Gasteiger partial charge in [-0.1, -0.05) is 13.8 Å². The molecule has 0 aromatic carbocycles. The molecular formula is C13H22F3N5. The van der Waals surface area contributed by atoms with Gasteiger partial charge in [-0.15, -0.1) is 0 Å². The summed E-state index contributed by atoms with van der Waals surface area (Å²) in [5, 5.41) is 3.02. The van der Waals surface area contributed by atoms with E-state index in [1.807, 2.05) is 19.0 Å². The van der Waals surface area contributed by atoms with Crippen LogP contribution in [0.15, 0.2) is 6.07 Å². The Morgan fingerprint density at radius 3 is 2.38 bits per heavy atom. The first-order valence-electron chi connectivity index (χ1n) is 6.71. The Morgan fingerprint density at radius 1 is 1.29 bits per heavy atom. The molecule has 21 heavy (non-hydrogen) atoms. The molecule has 0 spiro atoms. The van der Waals surface area contributed by atoms with E-state index in [1.165, 1.54) is 0 Å². The monoisotopic (exact) mass is 305 g/mol. The fraction of sp³-hybridized carbons (Fsp3) is 0.692. The van der Waals surface area contributed by atoms with Gasteiger partial charge in [0.05, 0.1) is 0 Å². The number of halogens is 3. The molecule has 1 aromatic rings. The SMILES string of the molecule is CC(C)CC(CN(C)C)Nc1cc(C(F)(F)F)nc(N)n1. The highest BCUT2D eigenvalue weighted by molar-refractivity contribution is 5.42. The molecule has 0 radical (unpaired) electrons.